The van der Waals surface area contributed by atoms with Gasteiger partial charge in [-0.05, 0) is 12.1 Å². The molecule has 0 saturated carbocycles. The Bertz CT molecular complexity index is 723. The Labute approximate surface area is 126 Å². The minimum atomic E-state index is -0.687. The SMILES string of the molecule is CN(CCN1CCOC1=O)c1ccnc2c(F)cc(F)cc12. The van der Waals surface area contributed by atoms with Crippen molar-refractivity contribution in [1.29, 1.82) is 0 Å². The first-order chi connectivity index (χ1) is 10.6. The molecule has 1 aromatic carbocycles. The van der Waals surface area contributed by atoms with Gasteiger partial charge in [-0.2, -0.15) is 0 Å². The van der Waals surface area contributed by atoms with Crippen molar-refractivity contribution >= 4 is 22.7 Å². The number of anilines is 1. The number of likely N-dealkylation sites (N-methyl/N-ethyl adjacent to an activating group) is 1. The van der Waals surface area contributed by atoms with Crippen molar-refractivity contribution in [2.24, 2.45) is 0 Å². The molecule has 0 spiro atoms. The monoisotopic (exact) mass is 307 g/mol. The number of cyclic esters (lactones) is 1. The Hall–Kier alpha value is -2.44. The second kappa shape index (κ2) is 5.75. The van der Waals surface area contributed by atoms with Crippen molar-refractivity contribution in [3.63, 3.8) is 0 Å². The molecular formula is C15H15F2N3O2. The molecule has 1 aliphatic heterocycles. The summed E-state index contributed by atoms with van der Waals surface area (Å²) in [6, 6.07) is 3.78. The predicted molar refractivity (Wildman–Crippen MR) is 77.9 cm³/mol. The number of ether oxygens (including phenoxy) is 1. The molecular weight excluding hydrogens is 292 g/mol. The van der Waals surface area contributed by atoms with Crippen LogP contribution in [0.15, 0.2) is 24.4 Å². The number of carbonyl (C=O) groups is 1. The van der Waals surface area contributed by atoms with E-state index >= 15 is 0 Å². The van der Waals surface area contributed by atoms with Gasteiger partial charge < -0.3 is 14.5 Å². The number of nitrogens with zero attached hydrogens (tertiary/aromatic N) is 3. The fourth-order valence-corrected chi connectivity index (χ4v) is 2.52. The summed E-state index contributed by atoms with van der Waals surface area (Å²) < 4.78 is 32.1. The summed E-state index contributed by atoms with van der Waals surface area (Å²) in [5.74, 6) is -1.33. The van der Waals surface area contributed by atoms with Crippen LogP contribution in [0.5, 0.6) is 0 Å². The Balaban J connectivity index is 1.84. The number of aromatic nitrogens is 1. The van der Waals surface area contributed by atoms with E-state index in [0.717, 1.165) is 6.07 Å². The molecule has 0 atom stereocenters. The van der Waals surface area contributed by atoms with Gasteiger partial charge in [0, 0.05) is 43.5 Å². The molecule has 0 radical (unpaired) electrons. The minimum Gasteiger partial charge on any atom is -0.448 e. The molecule has 0 N–H and O–H groups in total. The van der Waals surface area contributed by atoms with Crippen LogP contribution in [0.25, 0.3) is 10.9 Å². The predicted octanol–water partition coefficient (Wildman–Crippen LogP) is 2.40. The van der Waals surface area contributed by atoms with Gasteiger partial charge in [0.05, 0.1) is 6.54 Å². The highest BCUT2D eigenvalue weighted by Crippen LogP contribution is 2.27. The number of halogens is 2. The van der Waals surface area contributed by atoms with Crippen LogP contribution in [0.3, 0.4) is 0 Å². The highest BCUT2D eigenvalue weighted by Gasteiger charge is 2.22. The molecule has 22 heavy (non-hydrogen) atoms. The molecule has 1 aliphatic rings. The third kappa shape index (κ3) is 2.66. The maximum atomic E-state index is 13.8. The first-order valence-electron chi connectivity index (χ1n) is 6.93. The van der Waals surface area contributed by atoms with Crippen molar-refractivity contribution in [2.75, 3.05) is 38.2 Å². The molecule has 0 aliphatic carbocycles. The summed E-state index contributed by atoms with van der Waals surface area (Å²) in [4.78, 5) is 18.8. The summed E-state index contributed by atoms with van der Waals surface area (Å²) in [7, 11) is 1.80. The van der Waals surface area contributed by atoms with E-state index in [1.165, 1.54) is 12.3 Å². The van der Waals surface area contributed by atoms with Crippen LogP contribution in [-0.2, 0) is 4.74 Å². The zero-order chi connectivity index (χ0) is 15.7. The highest BCUT2D eigenvalue weighted by molar-refractivity contribution is 5.91. The van der Waals surface area contributed by atoms with Crippen LogP contribution in [0.4, 0.5) is 19.3 Å². The minimum absolute atomic E-state index is 0.131. The van der Waals surface area contributed by atoms with E-state index in [-0.39, 0.29) is 11.6 Å². The van der Waals surface area contributed by atoms with E-state index in [1.807, 2.05) is 4.90 Å². The van der Waals surface area contributed by atoms with Crippen LogP contribution in [0.2, 0.25) is 0 Å². The highest BCUT2D eigenvalue weighted by atomic mass is 19.1. The maximum Gasteiger partial charge on any atom is 0.409 e. The number of amides is 1. The van der Waals surface area contributed by atoms with Crippen LogP contribution >= 0.6 is 0 Å². The van der Waals surface area contributed by atoms with E-state index in [1.54, 1.807) is 18.0 Å². The Morgan fingerprint density at radius 1 is 1.41 bits per heavy atom. The molecule has 5 nitrogen and oxygen atoms in total. The van der Waals surface area contributed by atoms with Crippen molar-refractivity contribution in [3.8, 4) is 0 Å². The van der Waals surface area contributed by atoms with E-state index in [9.17, 15) is 13.6 Å². The number of pyridine rings is 1. The fourth-order valence-electron chi connectivity index (χ4n) is 2.52. The number of rotatable bonds is 4. The Morgan fingerprint density at radius 2 is 2.23 bits per heavy atom. The van der Waals surface area contributed by atoms with Gasteiger partial charge in [-0.1, -0.05) is 0 Å². The van der Waals surface area contributed by atoms with Gasteiger partial charge in [0.1, 0.15) is 17.9 Å². The van der Waals surface area contributed by atoms with E-state index in [2.05, 4.69) is 4.98 Å². The molecule has 0 unspecified atom stereocenters. The molecule has 1 fully saturated rings. The smallest absolute Gasteiger partial charge is 0.409 e. The van der Waals surface area contributed by atoms with E-state index in [4.69, 9.17) is 4.74 Å². The lowest BCUT2D eigenvalue weighted by molar-refractivity contribution is 0.159. The molecule has 7 heteroatoms. The van der Waals surface area contributed by atoms with Crippen molar-refractivity contribution in [3.05, 3.63) is 36.0 Å². The number of hydrogen-bond donors (Lipinski definition) is 0. The topological polar surface area (TPSA) is 45.7 Å². The van der Waals surface area contributed by atoms with Gasteiger partial charge in [-0.3, -0.25) is 4.98 Å². The van der Waals surface area contributed by atoms with Gasteiger partial charge in [0.25, 0.3) is 0 Å². The Morgan fingerprint density at radius 3 is 2.95 bits per heavy atom. The van der Waals surface area contributed by atoms with E-state index in [0.29, 0.717) is 37.3 Å². The standard InChI is InChI=1S/C15H15F2N3O2/c1-19(4-5-20-6-7-22-15(20)21)13-2-3-18-14-11(13)8-10(16)9-12(14)17/h2-3,8-9H,4-7H2,1H3. The van der Waals surface area contributed by atoms with Gasteiger partial charge >= 0.3 is 6.09 Å². The molecule has 1 amide bonds. The number of benzene rings is 1. The molecule has 2 aromatic rings. The normalized spacial score (nSPS) is 14.5. The van der Waals surface area contributed by atoms with Crippen molar-refractivity contribution < 1.29 is 18.3 Å². The average molecular weight is 307 g/mol. The summed E-state index contributed by atoms with van der Waals surface area (Å²) >= 11 is 0. The van der Waals surface area contributed by atoms with Gasteiger partial charge in [-0.25, -0.2) is 13.6 Å². The third-order valence-electron chi connectivity index (χ3n) is 3.70. The first-order valence-corrected chi connectivity index (χ1v) is 6.93. The Kier molecular flexibility index (Phi) is 3.79. The van der Waals surface area contributed by atoms with Gasteiger partial charge in [0.15, 0.2) is 5.82 Å². The van der Waals surface area contributed by atoms with Crippen LogP contribution in [0, 0.1) is 11.6 Å². The van der Waals surface area contributed by atoms with Crippen LogP contribution in [-0.4, -0.2) is 49.3 Å². The van der Waals surface area contributed by atoms with Gasteiger partial charge in [-0.15, -0.1) is 0 Å². The number of hydrogen-bond acceptors (Lipinski definition) is 4. The molecule has 1 aromatic heterocycles. The van der Waals surface area contributed by atoms with E-state index < -0.39 is 11.6 Å². The number of fused-ring (bicyclic) bond motifs is 1. The lowest BCUT2D eigenvalue weighted by Crippen LogP contribution is -2.33. The zero-order valence-corrected chi connectivity index (χ0v) is 12.1. The molecule has 1 saturated heterocycles. The molecule has 2 heterocycles. The zero-order valence-electron chi connectivity index (χ0n) is 12.1. The molecule has 3 rings (SSSR count). The largest absolute Gasteiger partial charge is 0.448 e. The molecule has 0 bridgehead atoms. The van der Waals surface area contributed by atoms with Crippen molar-refractivity contribution in [2.45, 2.75) is 0 Å². The summed E-state index contributed by atoms with van der Waals surface area (Å²) in [5.41, 5.74) is 0.794. The lowest BCUT2D eigenvalue weighted by Gasteiger charge is -2.23. The number of carbonyl (C=O) groups excluding carboxylic acids is 1. The second-order valence-corrected chi connectivity index (χ2v) is 5.14. The summed E-state index contributed by atoms with van der Waals surface area (Å²) in [6.07, 6.45) is 1.16. The quantitative estimate of drug-likeness (QED) is 0.870. The summed E-state index contributed by atoms with van der Waals surface area (Å²) in [5, 5.41) is 0.409. The second-order valence-electron chi connectivity index (χ2n) is 5.14. The lowest BCUT2D eigenvalue weighted by atomic mass is 10.1. The maximum absolute atomic E-state index is 13.8. The molecule has 116 valence electrons. The first kappa shape index (κ1) is 14.5. The fraction of sp³-hybridized carbons (Fsp3) is 0.333. The third-order valence-corrected chi connectivity index (χ3v) is 3.70. The summed E-state index contributed by atoms with van der Waals surface area (Å²) in [6.45, 7) is 1.97. The van der Waals surface area contributed by atoms with Crippen molar-refractivity contribution in [1.82, 2.24) is 9.88 Å². The average Bonchev–Trinajstić information content (AvgIpc) is 2.89. The van der Waals surface area contributed by atoms with Gasteiger partial charge in [0.2, 0.25) is 0 Å². The van der Waals surface area contributed by atoms with Crippen LogP contribution < -0.4 is 4.90 Å². The van der Waals surface area contributed by atoms with Crippen LogP contribution in [0.1, 0.15) is 0 Å².